The van der Waals surface area contributed by atoms with Gasteiger partial charge in [0.1, 0.15) is 29.9 Å². The maximum absolute atomic E-state index is 14.5. The van der Waals surface area contributed by atoms with E-state index < -0.39 is 89.6 Å². The van der Waals surface area contributed by atoms with Gasteiger partial charge in [0.05, 0.1) is 30.0 Å². The number of carbonyl (C=O) groups is 4. The molecular weight excluding hydrogens is 853 g/mol. The number of nitrogens with zero attached hydrogens (tertiary/aromatic N) is 5. The van der Waals surface area contributed by atoms with E-state index in [0.29, 0.717) is 63.1 Å². The number of aliphatic hydroxyl groups is 1. The number of nitrogen functional groups attached to an aromatic ring is 1. The summed E-state index contributed by atoms with van der Waals surface area (Å²) in [5.41, 5.74) is 5.62. The molecule has 370 valence electrons. The molecule has 5 rings (SSSR count). The highest BCUT2D eigenvalue weighted by atomic mass is 16.7. The maximum Gasteiger partial charge on any atom is 0.410 e. The summed E-state index contributed by atoms with van der Waals surface area (Å²) in [4.78, 5) is 58.5. The van der Waals surface area contributed by atoms with E-state index >= 15 is 0 Å². The number of nitrogens with one attached hydrogen (secondary N) is 2. The number of carboxylic acids is 1. The van der Waals surface area contributed by atoms with Crippen molar-refractivity contribution in [1.29, 1.82) is 0 Å². The highest BCUT2D eigenvalue weighted by molar-refractivity contribution is 6.00. The van der Waals surface area contributed by atoms with Gasteiger partial charge in [-0.1, -0.05) is 38.1 Å². The van der Waals surface area contributed by atoms with E-state index in [2.05, 4.69) is 20.9 Å². The van der Waals surface area contributed by atoms with Gasteiger partial charge in [0.15, 0.2) is 17.7 Å². The van der Waals surface area contributed by atoms with Crippen molar-refractivity contribution < 1.29 is 53.1 Å². The first-order chi connectivity index (χ1) is 31.1. The van der Waals surface area contributed by atoms with E-state index in [0.717, 1.165) is 5.56 Å². The zero-order valence-electron chi connectivity index (χ0n) is 40.8. The number of hydrogen-bond acceptors (Lipinski definition) is 16. The highest BCUT2D eigenvalue weighted by Crippen LogP contribution is 2.41. The predicted octanol–water partition coefficient (Wildman–Crippen LogP) is 3.72. The quantitative estimate of drug-likeness (QED) is 0.0697. The lowest BCUT2D eigenvalue weighted by molar-refractivity contribution is -0.295. The number of benzene rings is 1. The van der Waals surface area contributed by atoms with Crippen molar-refractivity contribution in [2.75, 3.05) is 46.6 Å². The van der Waals surface area contributed by atoms with Gasteiger partial charge in [-0.15, -0.1) is 5.10 Å². The third-order valence-electron chi connectivity index (χ3n) is 13.9. The van der Waals surface area contributed by atoms with Crippen LogP contribution in [0.5, 0.6) is 0 Å². The Bertz CT molecular complexity index is 1950. The van der Waals surface area contributed by atoms with Gasteiger partial charge >= 0.3 is 18.0 Å². The number of Topliss-reactive ketones (excluding diaryl/α,β-unsaturated/α-hetero) is 1. The molecule has 3 unspecified atom stereocenters. The molecule has 14 atom stereocenters. The molecule has 0 radical (unpaired) electrons. The number of methoxy groups -OCH3 is 1. The number of aromatic nitrogens is 3. The second-order valence-corrected chi connectivity index (χ2v) is 19.4. The number of aliphatic carboxylic acids is 1. The van der Waals surface area contributed by atoms with E-state index in [1.165, 1.54) is 6.92 Å². The number of carbonyl (C=O) groups excluding carboxylic acids is 3. The van der Waals surface area contributed by atoms with Crippen LogP contribution < -0.4 is 16.4 Å². The SMILES string of the molecule is CC[C@H]1OC(=O)[C@H](C)C(=O)[C@H](C)[C@@H](O[C@@H]2OC(C)CC(N(C)C)C2O)[C@](C)(OC)C[C@@H](C)CN[C@H](CCN[C@@H](C)C(=O)O)[C@H]2N(CCCCn3cc(-c4cccc(N)c4)nn3)C(=O)O[C@]12C. The Morgan fingerprint density at radius 1 is 1.14 bits per heavy atom. The van der Waals surface area contributed by atoms with Crippen LogP contribution in [-0.2, 0) is 44.6 Å². The molecule has 1 aromatic carbocycles. The maximum atomic E-state index is 14.5. The van der Waals surface area contributed by atoms with Crippen LogP contribution in [-0.4, -0.2) is 166 Å². The van der Waals surface area contributed by atoms with E-state index in [-0.39, 0.29) is 31.0 Å². The van der Waals surface area contributed by atoms with Crippen molar-refractivity contribution in [3.05, 3.63) is 30.5 Å². The third kappa shape index (κ3) is 12.3. The number of nitrogens with two attached hydrogens (primary N) is 1. The number of ketones is 1. The van der Waals surface area contributed by atoms with Crippen molar-refractivity contribution in [2.24, 2.45) is 17.8 Å². The third-order valence-corrected chi connectivity index (χ3v) is 13.9. The number of amides is 1. The van der Waals surface area contributed by atoms with Gasteiger partial charge in [0.25, 0.3) is 0 Å². The fourth-order valence-electron chi connectivity index (χ4n) is 10.1. The van der Waals surface area contributed by atoms with Crippen molar-refractivity contribution in [2.45, 2.75) is 167 Å². The smallest absolute Gasteiger partial charge is 0.410 e. The number of cyclic esters (lactones) is 1. The minimum Gasteiger partial charge on any atom is -0.480 e. The molecule has 3 fully saturated rings. The van der Waals surface area contributed by atoms with Gasteiger partial charge in [-0.05, 0) is 118 Å². The number of carboxylic acid groups (broad SMARTS) is 1. The summed E-state index contributed by atoms with van der Waals surface area (Å²) in [5, 5.41) is 36.7. The molecule has 19 nitrogen and oxygen atoms in total. The first-order valence-electron chi connectivity index (χ1n) is 23.5. The minimum atomic E-state index is -1.39. The molecule has 1 amide bonds. The summed E-state index contributed by atoms with van der Waals surface area (Å²) in [6.45, 7) is 15.7. The number of esters is 1. The van der Waals surface area contributed by atoms with Crippen LogP contribution in [0.4, 0.5) is 10.5 Å². The standard InChI is InChI=1S/C47H76N8O11/c1-12-37-47(8)40(55(45(61)66-47)21-14-13-20-54-26-35(51-52-54)32-16-15-17-33(48)23-32)34(18-19-49-31(6)42(58)59)50-25-27(2)24-46(7,62-11)41(29(4)38(56)30(5)43(60)64-37)65-44-39(57)36(53(9)10)22-28(3)63-44/h15-17,23,26-31,34,36-37,39-41,44,49-50,57H,12-14,18-22,24-25,48H2,1-11H3,(H,58,59)/t27-,28?,29+,30-,31+,34-,36?,37-,39?,40-,41-,44+,46-,47-/m1/s1. The Hall–Kier alpha value is -4.24. The lowest BCUT2D eigenvalue weighted by Gasteiger charge is -2.46. The topological polar surface area (TPSA) is 242 Å². The Balaban J connectivity index is 1.47. The molecule has 0 saturated carbocycles. The zero-order chi connectivity index (χ0) is 48.7. The van der Waals surface area contributed by atoms with E-state index in [1.54, 1.807) is 43.5 Å². The molecule has 19 heteroatoms. The Morgan fingerprint density at radius 3 is 2.50 bits per heavy atom. The molecule has 2 aromatic rings. The number of ether oxygens (including phenoxy) is 5. The van der Waals surface area contributed by atoms with E-state index in [1.807, 2.05) is 71.1 Å². The van der Waals surface area contributed by atoms with Crippen LogP contribution in [0.1, 0.15) is 93.9 Å². The Labute approximate surface area is 389 Å². The highest BCUT2D eigenvalue weighted by Gasteiger charge is 2.59. The predicted molar refractivity (Wildman–Crippen MR) is 246 cm³/mol. The van der Waals surface area contributed by atoms with Crippen LogP contribution in [0.3, 0.4) is 0 Å². The fraction of sp³-hybridized carbons (Fsp3) is 0.745. The first-order valence-corrected chi connectivity index (χ1v) is 23.5. The Kier molecular flexibility index (Phi) is 18.1. The molecule has 0 bridgehead atoms. The second kappa shape index (κ2) is 22.7. The number of unbranched alkanes of at least 4 members (excludes halogenated alkanes) is 1. The van der Waals surface area contributed by atoms with Crippen LogP contribution >= 0.6 is 0 Å². The summed E-state index contributed by atoms with van der Waals surface area (Å²) in [5.74, 6) is -4.54. The molecule has 6 N–H and O–H groups in total. The Morgan fingerprint density at radius 2 is 1.85 bits per heavy atom. The number of rotatable bonds is 16. The van der Waals surface area contributed by atoms with Gasteiger partial charge in [-0.3, -0.25) is 24.0 Å². The number of hydrogen-bond donors (Lipinski definition) is 5. The van der Waals surface area contributed by atoms with Gasteiger partial charge in [0, 0.05) is 49.5 Å². The second-order valence-electron chi connectivity index (χ2n) is 19.4. The molecule has 0 aliphatic carbocycles. The largest absolute Gasteiger partial charge is 0.480 e. The zero-order valence-corrected chi connectivity index (χ0v) is 40.8. The van der Waals surface area contributed by atoms with Gasteiger partial charge in [0.2, 0.25) is 0 Å². The van der Waals surface area contributed by atoms with Crippen LogP contribution in [0.25, 0.3) is 11.3 Å². The fourth-order valence-corrected chi connectivity index (χ4v) is 10.1. The monoisotopic (exact) mass is 929 g/mol. The summed E-state index contributed by atoms with van der Waals surface area (Å²) in [7, 11) is 5.32. The average Bonchev–Trinajstić information content (AvgIpc) is 3.85. The molecule has 66 heavy (non-hydrogen) atoms. The summed E-state index contributed by atoms with van der Waals surface area (Å²) < 4.78 is 33.6. The van der Waals surface area contributed by atoms with Gasteiger partial charge < -0.3 is 55.2 Å². The molecule has 0 spiro atoms. The minimum absolute atomic E-state index is 0.137. The number of anilines is 1. The normalized spacial score (nSPS) is 34.3. The van der Waals surface area contributed by atoms with Crippen LogP contribution in [0.15, 0.2) is 30.5 Å². The lowest BCUT2D eigenvalue weighted by atomic mass is 9.78. The van der Waals surface area contributed by atoms with Crippen molar-refractivity contribution >= 4 is 29.5 Å². The number of aliphatic hydroxyl groups excluding tert-OH is 1. The van der Waals surface area contributed by atoms with Gasteiger partial charge in [-0.25, -0.2) is 4.79 Å². The van der Waals surface area contributed by atoms with Crippen LogP contribution in [0.2, 0.25) is 0 Å². The number of likely N-dealkylation sites (N-methyl/N-ethyl adjacent to an activating group) is 1. The number of fused-ring (bicyclic) bond motifs is 1. The van der Waals surface area contributed by atoms with Crippen LogP contribution in [0, 0.1) is 17.8 Å². The molecule has 1 aromatic heterocycles. The van der Waals surface area contributed by atoms with Crippen molar-refractivity contribution in [3.8, 4) is 11.3 Å². The van der Waals surface area contributed by atoms with Gasteiger partial charge in [-0.2, -0.15) is 0 Å². The van der Waals surface area contributed by atoms with Crippen molar-refractivity contribution in [1.82, 2.24) is 35.4 Å². The number of aryl methyl sites for hydroxylation is 1. The molecule has 3 saturated heterocycles. The van der Waals surface area contributed by atoms with Crippen molar-refractivity contribution in [3.63, 3.8) is 0 Å². The lowest BCUT2D eigenvalue weighted by Crippen LogP contribution is -2.62. The average molecular weight is 929 g/mol. The molecule has 4 heterocycles. The summed E-state index contributed by atoms with van der Waals surface area (Å²) in [6.07, 6.45) is -0.274. The molecule has 3 aliphatic rings. The summed E-state index contributed by atoms with van der Waals surface area (Å²) in [6, 6.07) is 5.11. The first kappa shape index (κ1) is 52.7. The molecule has 3 aliphatic heterocycles. The van der Waals surface area contributed by atoms with E-state index in [4.69, 9.17) is 29.4 Å². The molecular formula is C47H76N8O11. The van der Waals surface area contributed by atoms with E-state index in [9.17, 15) is 29.4 Å². The summed E-state index contributed by atoms with van der Waals surface area (Å²) >= 11 is 0.